The normalized spacial score (nSPS) is 24.6. The molecule has 2 N–H and O–H groups in total. The van der Waals surface area contributed by atoms with Crippen molar-refractivity contribution in [2.24, 2.45) is 11.8 Å². The lowest BCUT2D eigenvalue weighted by molar-refractivity contribution is -0.146. The van der Waals surface area contributed by atoms with Crippen molar-refractivity contribution in [1.29, 1.82) is 0 Å². The Bertz CT molecular complexity index is 229. The molecule has 1 saturated heterocycles. The van der Waals surface area contributed by atoms with Crippen molar-refractivity contribution in [1.82, 2.24) is 10.2 Å². The van der Waals surface area contributed by atoms with E-state index in [4.69, 9.17) is 0 Å². The Labute approximate surface area is 98.0 Å². The second kappa shape index (κ2) is 6.21. The molecule has 2 unspecified atom stereocenters. The summed E-state index contributed by atoms with van der Waals surface area (Å²) in [5.74, 6) is 0.0882. The van der Waals surface area contributed by atoms with E-state index in [0.29, 0.717) is 5.92 Å². The molecule has 1 heterocycles. The van der Waals surface area contributed by atoms with Gasteiger partial charge in [0.25, 0.3) is 0 Å². The Morgan fingerprint density at radius 1 is 1.56 bits per heavy atom. The van der Waals surface area contributed by atoms with Crippen molar-refractivity contribution >= 4 is 5.97 Å². The zero-order valence-corrected chi connectivity index (χ0v) is 10.6. The maximum atomic E-state index is 11.2. The van der Waals surface area contributed by atoms with Gasteiger partial charge < -0.3 is 10.4 Å². The van der Waals surface area contributed by atoms with E-state index < -0.39 is 5.97 Å². The summed E-state index contributed by atoms with van der Waals surface area (Å²) < 4.78 is 0. The Morgan fingerprint density at radius 3 is 2.75 bits per heavy atom. The number of hydrogen-bond acceptors (Lipinski definition) is 3. The smallest absolute Gasteiger partial charge is 0.321 e. The molecule has 94 valence electrons. The molecule has 0 saturated carbocycles. The van der Waals surface area contributed by atoms with Crippen molar-refractivity contribution in [3.8, 4) is 0 Å². The van der Waals surface area contributed by atoms with Crippen molar-refractivity contribution in [2.75, 3.05) is 26.7 Å². The van der Waals surface area contributed by atoms with Crippen LogP contribution in [0.5, 0.6) is 0 Å². The zero-order chi connectivity index (χ0) is 12.1. The minimum atomic E-state index is -0.680. The van der Waals surface area contributed by atoms with Crippen molar-refractivity contribution in [3.63, 3.8) is 0 Å². The van der Waals surface area contributed by atoms with Crippen LogP contribution in [0.15, 0.2) is 0 Å². The summed E-state index contributed by atoms with van der Waals surface area (Å²) in [7, 11) is 1.95. The van der Waals surface area contributed by atoms with Crippen molar-refractivity contribution in [3.05, 3.63) is 0 Å². The average Bonchev–Trinajstić information content (AvgIpc) is 2.17. The molecule has 0 aromatic rings. The van der Waals surface area contributed by atoms with E-state index in [1.807, 2.05) is 20.9 Å². The van der Waals surface area contributed by atoms with Gasteiger partial charge >= 0.3 is 5.97 Å². The van der Waals surface area contributed by atoms with Gasteiger partial charge in [0.2, 0.25) is 0 Å². The first-order chi connectivity index (χ1) is 7.56. The number of rotatable bonds is 5. The van der Waals surface area contributed by atoms with Crippen LogP contribution in [0.2, 0.25) is 0 Å². The van der Waals surface area contributed by atoms with E-state index in [1.54, 1.807) is 0 Å². The molecule has 0 aliphatic carbocycles. The number of carbonyl (C=O) groups is 1. The monoisotopic (exact) mass is 228 g/mol. The third-order valence-electron chi connectivity index (χ3n) is 3.32. The van der Waals surface area contributed by atoms with Gasteiger partial charge in [0.1, 0.15) is 6.04 Å². The Balaban J connectivity index is 2.59. The van der Waals surface area contributed by atoms with Gasteiger partial charge in [-0.2, -0.15) is 0 Å². The minimum absolute atomic E-state index is 0.172. The summed E-state index contributed by atoms with van der Waals surface area (Å²) in [5.41, 5.74) is 0. The quantitative estimate of drug-likeness (QED) is 0.738. The Hall–Kier alpha value is -0.610. The molecule has 0 aromatic heterocycles. The van der Waals surface area contributed by atoms with Crippen LogP contribution in [0.3, 0.4) is 0 Å². The molecule has 0 bridgehead atoms. The van der Waals surface area contributed by atoms with Crippen LogP contribution in [-0.4, -0.2) is 48.7 Å². The van der Waals surface area contributed by atoms with Crippen molar-refractivity contribution < 1.29 is 9.90 Å². The summed E-state index contributed by atoms with van der Waals surface area (Å²) in [4.78, 5) is 13.4. The summed E-state index contributed by atoms with van der Waals surface area (Å²) in [6, 6.07) is -0.320. The lowest BCUT2D eigenvalue weighted by atomic mass is 9.93. The maximum Gasteiger partial charge on any atom is 0.321 e. The molecule has 0 radical (unpaired) electrons. The van der Waals surface area contributed by atoms with E-state index in [1.165, 1.54) is 6.42 Å². The molecule has 1 fully saturated rings. The lowest BCUT2D eigenvalue weighted by Gasteiger charge is -2.38. The number of likely N-dealkylation sites (tertiary alicyclic amines) is 1. The topological polar surface area (TPSA) is 52.6 Å². The van der Waals surface area contributed by atoms with Crippen LogP contribution in [0.1, 0.15) is 26.7 Å². The predicted octanol–water partition coefficient (Wildman–Crippen LogP) is 1.03. The van der Waals surface area contributed by atoms with Gasteiger partial charge in [0.05, 0.1) is 0 Å². The molecule has 0 spiro atoms. The highest BCUT2D eigenvalue weighted by Crippen LogP contribution is 2.21. The number of hydrogen-bond donors (Lipinski definition) is 2. The molecule has 4 nitrogen and oxygen atoms in total. The first kappa shape index (κ1) is 13.5. The van der Waals surface area contributed by atoms with Crippen LogP contribution in [0.4, 0.5) is 0 Å². The fourth-order valence-corrected chi connectivity index (χ4v) is 2.67. The van der Waals surface area contributed by atoms with Gasteiger partial charge in [-0.15, -0.1) is 0 Å². The lowest BCUT2D eigenvalue weighted by Crippen LogP contribution is -2.50. The second-order valence-corrected chi connectivity index (χ2v) is 5.09. The number of piperidine rings is 1. The Kier molecular flexibility index (Phi) is 5.22. The molecule has 1 rings (SSSR count). The molecule has 4 heteroatoms. The van der Waals surface area contributed by atoms with Gasteiger partial charge in [-0.1, -0.05) is 13.8 Å². The van der Waals surface area contributed by atoms with E-state index in [2.05, 4.69) is 10.2 Å². The van der Waals surface area contributed by atoms with E-state index in [0.717, 1.165) is 26.1 Å². The molecule has 2 atom stereocenters. The van der Waals surface area contributed by atoms with Crippen LogP contribution in [-0.2, 0) is 4.79 Å². The molecule has 0 amide bonds. The van der Waals surface area contributed by atoms with Crippen LogP contribution in [0, 0.1) is 11.8 Å². The summed E-state index contributed by atoms with van der Waals surface area (Å²) in [6.45, 7) is 6.80. The van der Waals surface area contributed by atoms with Gasteiger partial charge in [-0.3, -0.25) is 9.69 Å². The first-order valence-electron chi connectivity index (χ1n) is 6.17. The first-order valence-corrected chi connectivity index (χ1v) is 6.17. The van der Waals surface area contributed by atoms with Crippen molar-refractivity contribution in [2.45, 2.75) is 32.7 Å². The van der Waals surface area contributed by atoms with E-state index >= 15 is 0 Å². The summed E-state index contributed by atoms with van der Waals surface area (Å²) in [6.07, 6.45) is 2.32. The minimum Gasteiger partial charge on any atom is -0.480 e. The zero-order valence-electron chi connectivity index (χ0n) is 10.6. The highest BCUT2D eigenvalue weighted by atomic mass is 16.4. The van der Waals surface area contributed by atoms with Crippen LogP contribution in [0.25, 0.3) is 0 Å². The number of nitrogens with zero attached hydrogens (tertiary/aromatic N) is 1. The SMILES string of the molecule is CNCC1CCCN(C(C(=O)O)C(C)C)C1. The number of aliphatic carboxylic acids is 1. The molecular weight excluding hydrogens is 204 g/mol. The fourth-order valence-electron chi connectivity index (χ4n) is 2.67. The predicted molar refractivity (Wildman–Crippen MR) is 64.5 cm³/mol. The van der Waals surface area contributed by atoms with Gasteiger partial charge in [-0.25, -0.2) is 0 Å². The third kappa shape index (κ3) is 3.46. The molecular formula is C12H24N2O2. The van der Waals surface area contributed by atoms with Gasteiger partial charge in [0, 0.05) is 6.54 Å². The highest BCUT2D eigenvalue weighted by Gasteiger charge is 2.32. The molecule has 1 aliphatic heterocycles. The largest absolute Gasteiger partial charge is 0.480 e. The van der Waals surface area contributed by atoms with Crippen LogP contribution >= 0.6 is 0 Å². The third-order valence-corrected chi connectivity index (χ3v) is 3.32. The number of carboxylic acid groups (broad SMARTS) is 1. The standard InChI is InChI=1S/C12H24N2O2/c1-9(2)11(12(15)16)14-6-4-5-10(8-14)7-13-3/h9-11,13H,4-8H2,1-3H3,(H,15,16). The average molecular weight is 228 g/mol. The highest BCUT2D eigenvalue weighted by molar-refractivity contribution is 5.73. The van der Waals surface area contributed by atoms with E-state index in [9.17, 15) is 9.90 Å². The molecule has 0 aromatic carbocycles. The molecule has 1 aliphatic rings. The summed E-state index contributed by atoms with van der Waals surface area (Å²) >= 11 is 0. The summed E-state index contributed by atoms with van der Waals surface area (Å²) in [5, 5.41) is 12.4. The number of nitrogens with one attached hydrogen (secondary N) is 1. The van der Waals surface area contributed by atoms with Gasteiger partial charge in [-0.05, 0) is 44.8 Å². The fraction of sp³-hybridized carbons (Fsp3) is 0.917. The maximum absolute atomic E-state index is 11.2. The number of carboxylic acids is 1. The second-order valence-electron chi connectivity index (χ2n) is 5.09. The van der Waals surface area contributed by atoms with Crippen LogP contribution < -0.4 is 5.32 Å². The Morgan fingerprint density at radius 2 is 2.25 bits per heavy atom. The van der Waals surface area contributed by atoms with Gasteiger partial charge in [0.15, 0.2) is 0 Å². The molecule has 16 heavy (non-hydrogen) atoms. The van der Waals surface area contributed by atoms with E-state index in [-0.39, 0.29) is 12.0 Å².